The van der Waals surface area contributed by atoms with Gasteiger partial charge in [-0.3, -0.25) is 9.59 Å². The fourth-order valence-electron chi connectivity index (χ4n) is 4.48. The number of carbonyl (C=O) groups is 2. The summed E-state index contributed by atoms with van der Waals surface area (Å²) in [5.74, 6) is -1.87. The molecule has 7 nitrogen and oxygen atoms in total. The van der Waals surface area contributed by atoms with Crippen LogP contribution in [0, 0.1) is 24.2 Å². The van der Waals surface area contributed by atoms with Gasteiger partial charge in [0.25, 0.3) is 0 Å². The summed E-state index contributed by atoms with van der Waals surface area (Å²) in [6.07, 6.45) is -0.548. The van der Waals surface area contributed by atoms with Crippen LogP contribution in [-0.4, -0.2) is 61.8 Å². The fourth-order valence-corrected chi connectivity index (χ4v) is 5.31. The van der Waals surface area contributed by atoms with Crippen LogP contribution in [0.1, 0.15) is 77.4 Å². The summed E-state index contributed by atoms with van der Waals surface area (Å²) >= 11 is 7.99. The van der Waals surface area contributed by atoms with Crippen molar-refractivity contribution in [1.29, 1.82) is 0 Å². The summed E-state index contributed by atoms with van der Waals surface area (Å²) in [5, 5.41) is 34.6. The van der Waals surface area contributed by atoms with E-state index in [1.165, 1.54) is 11.3 Å². The van der Waals surface area contributed by atoms with Gasteiger partial charge in [-0.15, -0.1) is 22.9 Å². The topological polar surface area (TPSA) is 117 Å². The molecule has 9 heteroatoms. The van der Waals surface area contributed by atoms with Crippen molar-refractivity contribution in [3.05, 3.63) is 21.7 Å². The number of ketones is 1. The highest BCUT2D eigenvalue weighted by atomic mass is 35.5. The zero-order valence-corrected chi connectivity index (χ0v) is 23.1. The molecule has 1 aromatic rings. The number of cyclic esters (lactones) is 1. The Balaban J connectivity index is 2.33. The van der Waals surface area contributed by atoms with Crippen LogP contribution in [0.4, 0.5) is 0 Å². The Kier molecular flexibility index (Phi) is 10.9. The summed E-state index contributed by atoms with van der Waals surface area (Å²) in [7, 11) is 0. The molecular formula is C26H40ClNO6S. The first-order valence-corrected chi connectivity index (χ1v) is 13.6. The van der Waals surface area contributed by atoms with Crippen molar-refractivity contribution in [2.24, 2.45) is 17.3 Å². The quantitative estimate of drug-likeness (QED) is 0.386. The van der Waals surface area contributed by atoms with Crippen LogP contribution in [0.15, 0.2) is 11.0 Å². The standard InChI is InChI=1S/C26H40ClNO6S/c1-14-8-7-9-19(27)20(29)11-21(15(2)10-18-13-35-17(4)28-18)34-23(31)12-22(30)26(5,6)25(33)16(3)24(14)32/h10,13-14,16,19-22,24,29-30,32H,7-9,11-12H2,1-6H3/b15-10+/t14-,16+,19-,20-,21-,22-,24-/m0/s1. The smallest absolute Gasteiger partial charge is 0.309 e. The SMILES string of the molecule is C/C(=C\c1csc(C)n1)[C@@H]1C[C@H](O)[C@@H](Cl)CCC[C@H](C)[C@H](O)[C@@H](C)C(=O)C(C)(C)[C@@H](O)CC(=O)O1. The normalized spacial score (nSPS) is 34.5. The molecule has 0 saturated carbocycles. The summed E-state index contributed by atoms with van der Waals surface area (Å²) < 4.78 is 5.70. The van der Waals surface area contributed by atoms with E-state index >= 15 is 0 Å². The number of hydrogen-bond acceptors (Lipinski definition) is 8. The van der Waals surface area contributed by atoms with Crippen molar-refractivity contribution in [3.8, 4) is 0 Å². The number of aromatic nitrogens is 1. The molecule has 2 rings (SSSR count). The molecule has 0 unspecified atom stereocenters. The van der Waals surface area contributed by atoms with Crippen LogP contribution in [-0.2, 0) is 14.3 Å². The van der Waals surface area contributed by atoms with Gasteiger partial charge in [-0.2, -0.15) is 0 Å². The monoisotopic (exact) mass is 529 g/mol. The first-order chi connectivity index (χ1) is 16.2. The van der Waals surface area contributed by atoms with Gasteiger partial charge >= 0.3 is 5.97 Å². The van der Waals surface area contributed by atoms with E-state index in [9.17, 15) is 24.9 Å². The van der Waals surface area contributed by atoms with Gasteiger partial charge < -0.3 is 20.1 Å². The molecule has 2 heterocycles. The molecule has 0 amide bonds. The number of aliphatic hydroxyl groups excluding tert-OH is 3. The van der Waals surface area contributed by atoms with Crippen molar-refractivity contribution in [2.75, 3.05) is 0 Å². The molecule has 1 aliphatic rings. The molecule has 0 radical (unpaired) electrons. The predicted octanol–water partition coefficient (Wildman–Crippen LogP) is 4.29. The number of alkyl halides is 1. The van der Waals surface area contributed by atoms with Crippen molar-refractivity contribution >= 4 is 40.8 Å². The Hall–Kier alpha value is -1.32. The first kappa shape index (κ1) is 29.9. The summed E-state index contributed by atoms with van der Waals surface area (Å²) in [4.78, 5) is 30.4. The first-order valence-electron chi connectivity index (χ1n) is 12.3. The number of aliphatic hydroxyl groups is 3. The second kappa shape index (κ2) is 12.8. The van der Waals surface area contributed by atoms with E-state index in [1.807, 2.05) is 25.3 Å². The highest BCUT2D eigenvalue weighted by Crippen LogP contribution is 2.33. The molecule has 1 aliphatic heterocycles. The molecule has 1 aromatic heterocycles. The molecule has 0 aliphatic carbocycles. The molecule has 0 bridgehead atoms. The third kappa shape index (κ3) is 8.09. The second-order valence-electron chi connectivity index (χ2n) is 10.5. The van der Waals surface area contributed by atoms with Gasteiger partial charge in [-0.25, -0.2) is 4.98 Å². The molecule has 1 saturated heterocycles. The Labute approximate surface area is 217 Å². The third-order valence-electron chi connectivity index (χ3n) is 7.14. The lowest BCUT2D eigenvalue weighted by Gasteiger charge is -2.34. The molecule has 0 spiro atoms. The van der Waals surface area contributed by atoms with Crippen LogP contribution >= 0.6 is 22.9 Å². The second-order valence-corrected chi connectivity index (χ2v) is 12.1. The summed E-state index contributed by atoms with van der Waals surface area (Å²) in [6.45, 7) is 10.4. The van der Waals surface area contributed by atoms with Crippen molar-refractivity contribution in [2.45, 2.75) is 103 Å². The Morgan fingerprint density at radius 1 is 1.23 bits per heavy atom. The number of halogens is 1. The lowest BCUT2D eigenvalue weighted by Crippen LogP contribution is -2.46. The average molecular weight is 530 g/mol. The lowest BCUT2D eigenvalue weighted by molar-refractivity contribution is -0.155. The highest BCUT2D eigenvalue weighted by molar-refractivity contribution is 7.09. The van der Waals surface area contributed by atoms with Crippen molar-refractivity contribution in [1.82, 2.24) is 4.98 Å². The number of aryl methyl sites for hydroxylation is 1. The van der Waals surface area contributed by atoms with E-state index in [0.29, 0.717) is 24.8 Å². The van der Waals surface area contributed by atoms with E-state index in [4.69, 9.17) is 16.3 Å². The number of thiazole rings is 1. The van der Waals surface area contributed by atoms with Gasteiger partial charge in [-0.1, -0.05) is 34.1 Å². The third-order valence-corrected chi connectivity index (χ3v) is 8.44. The van der Waals surface area contributed by atoms with Crippen LogP contribution in [0.3, 0.4) is 0 Å². The van der Waals surface area contributed by atoms with Crippen molar-refractivity contribution < 1.29 is 29.6 Å². The number of nitrogens with zero attached hydrogens (tertiary/aromatic N) is 1. The summed E-state index contributed by atoms with van der Waals surface area (Å²) in [5.41, 5.74) is 0.177. The molecular weight excluding hydrogens is 490 g/mol. The Morgan fingerprint density at radius 2 is 1.89 bits per heavy atom. The number of Topliss-reactive ketones (excluding diaryl/α,β-unsaturated/α-hetero) is 1. The van der Waals surface area contributed by atoms with Crippen LogP contribution in [0.5, 0.6) is 0 Å². The molecule has 1 fully saturated rings. The maximum atomic E-state index is 13.2. The summed E-state index contributed by atoms with van der Waals surface area (Å²) in [6, 6.07) is 0. The Morgan fingerprint density at radius 3 is 2.49 bits per heavy atom. The molecule has 0 aromatic carbocycles. The van der Waals surface area contributed by atoms with Crippen LogP contribution in [0.2, 0.25) is 0 Å². The van der Waals surface area contributed by atoms with Crippen LogP contribution < -0.4 is 0 Å². The fraction of sp³-hybridized carbons (Fsp3) is 0.731. The molecule has 198 valence electrons. The number of carbonyl (C=O) groups excluding carboxylic acids is 2. The largest absolute Gasteiger partial charge is 0.458 e. The molecule has 35 heavy (non-hydrogen) atoms. The van der Waals surface area contributed by atoms with Crippen molar-refractivity contribution in [3.63, 3.8) is 0 Å². The minimum Gasteiger partial charge on any atom is -0.458 e. The van der Waals surface area contributed by atoms with E-state index in [2.05, 4.69) is 4.98 Å². The zero-order valence-electron chi connectivity index (χ0n) is 21.5. The van der Waals surface area contributed by atoms with E-state index in [-0.39, 0.29) is 18.1 Å². The molecule has 7 atom stereocenters. The predicted molar refractivity (Wildman–Crippen MR) is 138 cm³/mol. The van der Waals surface area contributed by atoms with E-state index in [0.717, 1.165) is 10.7 Å². The maximum absolute atomic E-state index is 13.2. The minimum absolute atomic E-state index is 0.0962. The average Bonchev–Trinajstić information content (AvgIpc) is 3.20. The zero-order chi connectivity index (χ0) is 26.5. The highest BCUT2D eigenvalue weighted by Gasteiger charge is 2.42. The van der Waals surface area contributed by atoms with E-state index in [1.54, 1.807) is 27.7 Å². The number of hydrogen-bond donors (Lipinski definition) is 3. The van der Waals surface area contributed by atoms with E-state index < -0.39 is 53.5 Å². The van der Waals surface area contributed by atoms with Gasteiger partial charge in [0.2, 0.25) is 0 Å². The van der Waals surface area contributed by atoms with Gasteiger partial charge in [0.1, 0.15) is 11.9 Å². The Bertz CT molecular complexity index is 900. The lowest BCUT2D eigenvalue weighted by atomic mass is 9.73. The minimum atomic E-state index is -1.29. The van der Waals surface area contributed by atoms with Gasteiger partial charge in [0.15, 0.2) is 0 Å². The van der Waals surface area contributed by atoms with Gasteiger partial charge in [0, 0.05) is 17.7 Å². The maximum Gasteiger partial charge on any atom is 0.309 e. The molecule has 3 N–H and O–H groups in total. The number of esters is 1. The van der Waals surface area contributed by atoms with Gasteiger partial charge in [0.05, 0.1) is 46.2 Å². The van der Waals surface area contributed by atoms with Crippen LogP contribution in [0.25, 0.3) is 6.08 Å². The number of rotatable bonds is 2. The number of ether oxygens (including phenoxy) is 1. The van der Waals surface area contributed by atoms with Gasteiger partial charge in [-0.05, 0) is 44.3 Å².